The molecular weight excluding hydrogens is 376 g/mol. The average Bonchev–Trinajstić information content (AvgIpc) is 3.33. The Hall–Kier alpha value is -2.28. The summed E-state index contributed by atoms with van der Waals surface area (Å²) in [6.07, 6.45) is 1.00. The van der Waals surface area contributed by atoms with Crippen LogP contribution < -0.4 is 10.2 Å². The van der Waals surface area contributed by atoms with Gasteiger partial charge in [-0.15, -0.1) is 22.7 Å². The molecule has 2 aromatic heterocycles. The smallest absolute Gasteiger partial charge is 0.279 e. The number of hydrogen-bond donors (Lipinski definition) is 2. The third kappa shape index (κ3) is 3.74. The van der Waals surface area contributed by atoms with Crippen LogP contribution in [0, 0.1) is 0 Å². The minimum Gasteiger partial charge on any atom is -0.320 e. The standard InChI is InChI=1S/C21H20N2O2S2/c1-14(24)15-5-2-3-6-17(15)22-20(25)13-23-10-8-18-16(9-12-27-18)21(23)19-7-4-11-26-19/h2-7,9,11-12,21H,8,10,13H2,1H3,(H,22,25)/p+1/t21-/m0/s1. The topological polar surface area (TPSA) is 50.6 Å². The Balaban J connectivity index is 1.55. The van der Waals surface area contributed by atoms with E-state index >= 15 is 0 Å². The van der Waals surface area contributed by atoms with Gasteiger partial charge in [0, 0.05) is 22.4 Å². The third-order valence-corrected chi connectivity index (χ3v) is 6.90. The zero-order valence-electron chi connectivity index (χ0n) is 15.0. The molecule has 0 bridgehead atoms. The van der Waals surface area contributed by atoms with Gasteiger partial charge in [-0.2, -0.15) is 0 Å². The van der Waals surface area contributed by atoms with Gasteiger partial charge in [0.25, 0.3) is 5.91 Å². The zero-order valence-corrected chi connectivity index (χ0v) is 16.7. The predicted octanol–water partition coefficient (Wildman–Crippen LogP) is 3.18. The lowest BCUT2D eigenvalue weighted by molar-refractivity contribution is -0.919. The van der Waals surface area contributed by atoms with Gasteiger partial charge < -0.3 is 10.2 Å². The fourth-order valence-electron chi connectivity index (χ4n) is 3.75. The first-order chi connectivity index (χ1) is 13.1. The molecule has 1 aliphatic heterocycles. The van der Waals surface area contributed by atoms with Crippen LogP contribution in [-0.4, -0.2) is 24.8 Å². The van der Waals surface area contributed by atoms with Crippen molar-refractivity contribution in [3.63, 3.8) is 0 Å². The van der Waals surface area contributed by atoms with Crippen molar-refractivity contribution in [2.24, 2.45) is 0 Å². The van der Waals surface area contributed by atoms with Crippen LogP contribution in [0.2, 0.25) is 0 Å². The van der Waals surface area contributed by atoms with Crippen LogP contribution in [0.25, 0.3) is 0 Å². The molecule has 0 spiro atoms. The number of ketones is 1. The van der Waals surface area contributed by atoms with Crippen LogP contribution >= 0.6 is 22.7 Å². The fourth-order valence-corrected chi connectivity index (χ4v) is 5.57. The SMILES string of the molecule is CC(=O)c1ccccc1NC(=O)C[NH+]1CCc2sccc2[C@H]1c1cccs1. The molecule has 0 radical (unpaired) electrons. The Morgan fingerprint density at radius 1 is 1.11 bits per heavy atom. The number of para-hydroxylation sites is 1. The molecule has 1 unspecified atom stereocenters. The van der Waals surface area contributed by atoms with Gasteiger partial charge in [0.15, 0.2) is 12.3 Å². The average molecular weight is 398 g/mol. The Kier molecular flexibility index (Phi) is 5.20. The van der Waals surface area contributed by atoms with Crippen LogP contribution in [0.1, 0.15) is 38.6 Å². The van der Waals surface area contributed by atoms with E-state index in [1.54, 1.807) is 23.5 Å². The number of fused-ring (bicyclic) bond motifs is 1. The summed E-state index contributed by atoms with van der Waals surface area (Å²) in [6.45, 7) is 2.83. The summed E-state index contributed by atoms with van der Waals surface area (Å²) < 4.78 is 0. The number of rotatable bonds is 5. The van der Waals surface area contributed by atoms with Crippen molar-refractivity contribution in [3.8, 4) is 0 Å². The summed E-state index contributed by atoms with van der Waals surface area (Å²) in [7, 11) is 0. The summed E-state index contributed by atoms with van der Waals surface area (Å²) in [5.41, 5.74) is 2.49. The van der Waals surface area contributed by atoms with Crippen LogP contribution in [0.3, 0.4) is 0 Å². The molecule has 0 aliphatic carbocycles. The van der Waals surface area contributed by atoms with E-state index in [4.69, 9.17) is 0 Å². The van der Waals surface area contributed by atoms with Gasteiger partial charge in [-0.3, -0.25) is 9.59 Å². The number of hydrogen-bond acceptors (Lipinski definition) is 4. The van der Waals surface area contributed by atoms with Crippen molar-refractivity contribution in [1.29, 1.82) is 0 Å². The summed E-state index contributed by atoms with van der Waals surface area (Å²) in [5, 5.41) is 7.19. The van der Waals surface area contributed by atoms with Gasteiger partial charge in [-0.05, 0) is 41.9 Å². The number of carbonyl (C=O) groups is 2. The molecule has 4 rings (SSSR count). The van der Waals surface area contributed by atoms with E-state index in [2.05, 4.69) is 34.3 Å². The Morgan fingerprint density at radius 2 is 1.96 bits per heavy atom. The monoisotopic (exact) mass is 397 g/mol. The first-order valence-electron chi connectivity index (χ1n) is 8.97. The van der Waals surface area contributed by atoms with E-state index in [0.29, 0.717) is 17.8 Å². The molecule has 0 fully saturated rings. The lowest BCUT2D eigenvalue weighted by atomic mass is 9.98. The highest BCUT2D eigenvalue weighted by Crippen LogP contribution is 2.31. The predicted molar refractivity (Wildman–Crippen MR) is 110 cm³/mol. The van der Waals surface area contributed by atoms with E-state index in [1.165, 1.54) is 27.1 Å². The Labute approximate surface area is 166 Å². The molecular formula is C21H21N2O2S2+. The molecule has 0 saturated carbocycles. The van der Waals surface area contributed by atoms with E-state index in [0.717, 1.165) is 13.0 Å². The summed E-state index contributed by atoms with van der Waals surface area (Å²) in [5.74, 6) is -0.102. The van der Waals surface area contributed by atoms with E-state index < -0.39 is 0 Å². The summed E-state index contributed by atoms with van der Waals surface area (Å²) in [4.78, 5) is 28.6. The van der Waals surface area contributed by atoms with Crippen LogP contribution in [0.5, 0.6) is 0 Å². The molecule has 2 N–H and O–H groups in total. The molecule has 0 saturated heterocycles. The number of quaternary nitrogens is 1. The maximum absolute atomic E-state index is 12.8. The van der Waals surface area contributed by atoms with Crippen molar-refractivity contribution in [1.82, 2.24) is 0 Å². The van der Waals surface area contributed by atoms with Crippen molar-refractivity contribution < 1.29 is 14.5 Å². The highest BCUT2D eigenvalue weighted by molar-refractivity contribution is 7.10. The van der Waals surface area contributed by atoms with Crippen molar-refractivity contribution in [2.45, 2.75) is 19.4 Å². The number of anilines is 1. The van der Waals surface area contributed by atoms with E-state index in [1.807, 2.05) is 23.5 Å². The molecule has 4 nitrogen and oxygen atoms in total. The van der Waals surface area contributed by atoms with Crippen LogP contribution in [-0.2, 0) is 11.2 Å². The maximum Gasteiger partial charge on any atom is 0.279 e. The largest absolute Gasteiger partial charge is 0.320 e. The number of nitrogens with one attached hydrogen (secondary N) is 2. The quantitative estimate of drug-likeness (QED) is 0.650. The number of thiophene rings is 2. The molecule has 1 aliphatic rings. The number of carbonyl (C=O) groups excluding carboxylic acids is 2. The first kappa shape index (κ1) is 18.1. The first-order valence-corrected chi connectivity index (χ1v) is 10.7. The van der Waals surface area contributed by atoms with E-state index in [-0.39, 0.29) is 17.7 Å². The van der Waals surface area contributed by atoms with Gasteiger partial charge >= 0.3 is 0 Å². The van der Waals surface area contributed by atoms with Gasteiger partial charge in [-0.25, -0.2) is 0 Å². The molecule has 1 amide bonds. The second-order valence-corrected chi connectivity index (χ2v) is 8.71. The minimum absolute atomic E-state index is 0.0457. The van der Waals surface area contributed by atoms with Crippen molar-refractivity contribution >= 4 is 40.1 Å². The highest BCUT2D eigenvalue weighted by Gasteiger charge is 2.35. The van der Waals surface area contributed by atoms with Gasteiger partial charge in [-0.1, -0.05) is 18.2 Å². The lowest BCUT2D eigenvalue weighted by Gasteiger charge is -2.31. The van der Waals surface area contributed by atoms with Crippen molar-refractivity contribution in [2.75, 3.05) is 18.4 Å². The van der Waals surface area contributed by atoms with Crippen molar-refractivity contribution in [3.05, 3.63) is 74.1 Å². The second-order valence-electron chi connectivity index (χ2n) is 6.73. The minimum atomic E-state index is -0.0565. The fraction of sp³-hybridized carbons (Fsp3) is 0.238. The molecule has 1 aromatic carbocycles. The van der Waals surface area contributed by atoms with E-state index in [9.17, 15) is 9.59 Å². The number of amides is 1. The molecule has 6 heteroatoms. The molecule has 3 heterocycles. The van der Waals surface area contributed by atoms with Crippen LogP contribution in [0.4, 0.5) is 5.69 Å². The Bertz CT molecular complexity index is 962. The molecule has 138 valence electrons. The normalized spacial score (nSPS) is 18.7. The van der Waals surface area contributed by atoms with Gasteiger partial charge in [0.05, 0.1) is 17.1 Å². The van der Waals surface area contributed by atoms with Gasteiger partial charge in [0.2, 0.25) is 0 Å². The summed E-state index contributed by atoms with van der Waals surface area (Å²) >= 11 is 3.55. The number of benzene rings is 1. The lowest BCUT2D eigenvalue weighted by Crippen LogP contribution is -3.14. The highest BCUT2D eigenvalue weighted by atomic mass is 32.1. The summed E-state index contributed by atoms with van der Waals surface area (Å²) in [6, 6.07) is 13.8. The van der Waals surface area contributed by atoms with Gasteiger partial charge in [0.1, 0.15) is 6.04 Å². The third-order valence-electron chi connectivity index (χ3n) is 4.97. The maximum atomic E-state index is 12.8. The molecule has 27 heavy (non-hydrogen) atoms. The zero-order chi connectivity index (χ0) is 18.8. The second kappa shape index (κ2) is 7.76. The molecule has 2 atom stereocenters. The Morgan fingerprint density at radius 3 is 2.74 bits per heavy atom. The number of Topliss-reactive ketones (excluding diaryl/α,β-unsaturated/α-hetero) is 1. The van der Waals surface area contributed by atoms with Crippen LogP contribution in [0.15, 0.2) is 53.2 Å². The molecule has 3 aromatic rings.